The number of hydrogen-bond donors (Lipinski definition) is 1. The number of carbonyl (C=O) groups is 1. The van der Waals surface area contributed by atoms with Crippen molar-refractivity contribution in [2.45, 2.75) is 25.1 Å². The van der Waals surface area contributed by atoms with Gasteiger partial charge in [0, 0.05) is 22.0 Å². The molecule has 2 aromatic rings. The lowest BCUT2D eigenvalue weighted by Gasteiger charge is -2.50. The van der Waals surface area contributed by atoms with Crippen molar-refractivity contribution in [3.8, 4) is 11.5 Å². The first kappa shape index (κ1) is 16.4. The SMILES string of the molecule is COc1ccc(Cl)cc1N1C(=O)N[C@H]2C[C@@]1(C)Oc1ccc(Cl)cc12. The van der Waals surface area contributed by atoms with E-state index >= 15 is 0 Å². The van der Waals surface area contributed by atoms with Crippen LogP contribution < -0.4 is 19.7 Å². The van der Waals surface area contributed by atoms with E-state index in [-0.39, 0.29) is 12.1 Å². The van der Waals surface area contributed by atoms with E-state index < -0.39 is 5.72 Å². The van der Waals surface area contributed by atoms with Crippen LogP contribution in [0.1, 0.15) is 24.9 Å². The van der Waals surface area contributed by atoms with Crippen LogP contribution in [0.4, 0.5) is 10.5 Å². The molecule has 2 aliphatic rings. The summed E-state index contributed by atoms with van der Waals surface area (Å²) in [7, 11) is 1.55. The van der Waals surface area contributed by atoms with Crippen molar-refractivity contribution in [3.05, 3.63) is 52.0 Å². The Labute approximate surface area is 155 Å². The molecule has 1 fully saturated rings. The molecule has 1 saturated heterocycles. The van der Waals surface area contributed by atoms with E-state index in [9.17, 15) is 4.79 Å². The van der Waals surface area contributed by atoms with Crippen molar-refractivity contribution >= 4 is 34.9 Å². The highest BCUT2D eigenvalue weighted by Crippen LogP contribution is 2.48. The van der Waals surface area contributed by atoms with Gasteiger partial charge < -0.3 is 14.8 Å². The average Bonchev–Trinajstić information content (AvgIpc) is 2.55. The van der Waals surface area contributed by atoms with Gasteiger partial charge >= 0.3 is 6.03 Å². The van der Waals surface area contributed by atoms with Gasteiger partial charge in [-0.3, -0.25) is 4.90 Å². The lowest BCUT2D eigenvalue weighted by atomic mass is 9.90. The molecular formula is C18H16Cl2N2O3. The predicted octanol–water partition coefficient (Wildman–Crippen LogP) is 4.77. The molecule has 0 saturated carbocycles. The molecule has 130 valence electrons. The lowest BCUT2D eigenvalue weighted by Crippen LogP contribution is -2.65. The minimum absolute atomic E-state index is 0.165. The lowest BCUT2D eigenvalue weighted by molar-refractivity contribution is 0.0375. The normalized spacial score (nSPS) is 24.2. The number of benzene rings is 2. The Hall–Kier alpha value is -2.11. The molecule has 2 atom stereocenters. The molecule has 0 aliphatic carbocycles. The van der Waals surface area contributed by atoms with E-state index in [1.54, 1.807) is 36.3 Å². The minimum Gasteiger partial charge on any atom is -0.495 e. The van der Waals surface area contributed by atoms with Gasteiger partial charge in [-0.25, -0.2) is 4.79 Å². The van der Waals surface area contributed by atoms with Crippen LogP contribution >= 0.6 is 23.2 Å². The number of nitrogens with one attached hydrogen (secondary N) is 1. The van der Waals surface area contributed by atoms with Crippen molar-refractivity contribution in [2.75, 3.05) is 12.0 Å². The molecule has 4 rings (SSSR count). The summed E-state index contributed by atoms with van der Waals surface area (Å²) in [6.07, 6.45) is 0.571. The first-order valence-corrected chi connectivity index (χ1v) is 8.59. The molecule has 25 heavy (non-hydrogen) atoms. The summed E-state index contributed by atoms with van der Waals surface area (Å²) in [6, 6.07) is 10.1. The molecule has 2 aromatic carbocycles. The summed E-state index contributed by atoms with van der Waals surface area (Å²) in [5.41, 5.74) is 0.577. The Morgan fingerprint density at radius 2 is 1.96 bits per heavy atom. The third kappa shape index (κ3) is 2.58. The maximum atomic E-state index is 12.9. The summed E-state index contributed by atoms with van der Waals surface area (Å²) < 4.78 is 11.6. The van der Waals surface area contributed by atoms with Crippen LogP contribution in [-0.2, 0) is 0 Å². The molecule has 0 radical (unpaired) electrons. The maximum Gasteiger partial charge on any atom is 0.325 e. The number of halogens is 2. The van der Waals surface area contributed by atoms with Gasteiger partial charge in [-0.1, -0.05) is 23.2 Å². The second kappa shape index (κ2) is 5.71. The number of nitrogens with zero attached hydrogens (tertiary/aromatic N) is 1. The van der Waals surface area contributed by atoms with E-state index in [4.69, 9.17) is 32.7 Å². The van der Waals surface area contributed by atoms with Gasteiger partial charge in [-0.05, 0) is 43.3 Å². The molecule has 0 unspecified atom stereocenters. The van der Waals surface area contributed by atoms with Crippen LogP contribution in [-0.4, -0.2) is 18.9 Å². The van der Waals surface area contributed by atoms with Crippen molar-refractivity contribution in [1.82, 2.24) is 5.32 Å². The molecule has 0 aromatic heterocycles. The number of anilines is 1. The molecule has 1 N–H and O–H groups in total. The third-order valence-corrected chi connectivity index (χ3v) is 5.09. The number of hydrogen-bond acceptors (Lipinski definition) is 3. The number of ether oxygens (including phenoxy) is 2. The molecule has 2 aliphatic heterocycles. The van der Waals surface area contributed by atoms with Gasteiger partial charge in [0.25, 0.3) is 0 Å². The largest absolute Gasteiger partial charge is 0.495 e. The van der Waals surface area contributed by atoms with Crippen LogP contribution in [0.5, 0.6) is 11.5 Å². The van der Waals surface area contributed by atoms with Gasteiger partial charge in [0.1, 0.15) is 11.5 Å². The average molecular weight is 379 g/mol. The molecule has 5 nitrogen and oxygen atoms in total. The van der Waals surface area contributed by atoms with Gasteiger partial charge in [-0.2, -0.15) is 0 Å². The van der Waals surface area contributed by atoms with Crippen molar-refractivity contribution in [1.29, 1.82) is 0 Å². The molecule has 2 bridgehead atoms. The predicted molar refractivity (Wildman–Crippen MR) is 96.9 cm³/mol. The zero-order valence-corrected chi connectivity index (χ0v) is 15.2. The fourth-order valence-electron chi connectivity index (χ4n) is 3.55. The number of amides is 2. The zero-order valence-electron chi connectivity index (χ0n) is 13.7. The molecular weight excluding hydrogens is 363 g/mol. The van der Waals surface area contributed by atoms with Crippen LogP contribution in [0.15, 0.2) is 36.4 Å². The Balaban J connectivity index is 1.83. The first-order chi connectivity index (χ1) is 11.9. The fraction of sp³-hybridized carbons (Fsp3) is 0.278. The number of urea groups is 1. The summed E-state index contributed by atoms with van der Waals surface area (Å²) in [5.74, 6) is 1.25. The zero-order chi connectivity index (χ0) is 17.8. The summed E-state index contributed by atoms with van der Waals surface area (Å²) in [5, 5.41) is 4.15. The van der Waals surface area contributed by atoms with Gasteiger partial charge in [0.05, 0.1) is 18.8 Å². The first-order valence-electron chi connectivity index (χ1n) is 7.84. The van der Waals surface area contributed by atoms with Crippen LogP contribution in [0.3, 0.4) is 0 Å². The Kier molecular flexibility index (Phi) is 3.74. The van der Waals surface area contributed by atoms with Gasteiger partial charge in [-0.15, -0.1) is 0 Å². The summed E-state index contributed by atoms with van der Waals surface area (Å²) >= 11 is 12.2. The number of methoxy groups -OCH3 is 1. The van der Waals surface area contributed by atoms with E-state index in [0.717, 1.165) is 5.56 Å². The Morgan fingerprint density at radius 1 is 1.24 bits per heavy atom. The second-order valence-electron chi connectivity index (χ2n) is 6.32. The van der Waals surface area contributed by atoms with E-state index in [2.05, 4.69) is 5.32 Å². The highest BCUT2D eigenvalue weighted by atomic mass is 35.5. The Morgan fingerprint density at radius 3 is 2.72 bits per heavy atom. The topological polar surface area (TPSA) is 50.8 Å². The van der Waals surface area contributed by atoms with Gasteiger partial charge in [0.15, 0.2) is 5.72 Å². The van der Waals surface area contributed by atoms with Crippen LogP contribution in [0.25, 0.3) is 0 Å². The molecule has 7 heteroatoms. The van der Waals surface area contributed by atoms with Crippen molar-refractivity contribution in [3.63, 3.8) is 0 Å². The fourth-order valence-corrected chi connectivity index (χ4v) is 3.89. The minimum atomic E-state index is -0.869. The molecule has 0 spiro atoms. The number of rotatable bonds is 2. The third-order valence-electron chi connectivity index (χ3n) is 4.62. The van der Waals surface area contributed by atoms with Crippen molar-refractivity contribution < 1.29 is 14.3 Å². The van der Waals surface area contributed by atoms with E-state index in [1.807, 2.05) is 19.1 Å². The smallest absolute Gasteiger partial charge is 0.325 e. The highest BCUT2D eigenvalue weighted by Gasteiger charge is 2.50. The monoisotopic (exact) mass is 378 g/mol. The van der Waals surface area contributed by atoms with E-state index in [0.29, 0.717) is 33.7 Å². The Bertz CT molecular complexity index is 873. The van der Waals surface area contributed by atoms with E-state index in [1.165, 1.54) is 0 Å². The van der Waals surface area contributed by atoms with Crippen molar-refractivity contribution in [2.24, 2.45) is 0 Å². The number of fused-ring (bicyclic) bond motifs is 4. The second-order valence-corrected chi connectivity index (χ2v) is 7.19. The standard InChI is InChI=1S/C18H16Cl2N2O3/c1-18-9-13(12-7-10(19)3-5-15(12)25-18)21-17(23)22(18)14-8-11(20)4-6-16(14)24-2/h3-8,13H,9H2,1-2H3,(H,21,23)/t13-,18+/m0/s1. The quantitative estimate of drug-likeness (QED) is 0.818. The maximum absolute atomic E-state index is 12.9. The summed E-state index contributed by atoms with van der Waals surface area (Å²) in [6.45, 7) is 1.89. The van der Waals surface area contributed by atoms with Gasteiger partial charge in [0.2, 0.25) is 0 Å². The molecule has 2 heterocycles. The number of carbonyl (C=O) groups excluding carboxylic acids is 1. The summed E-state index contributed by atoms with van der Waals surface area (Å²) in [4.78, 5) is 14.5. The highest BCUT2D eigenvalue weighted by molar-refractivity contribution is 6.31. The molecule has 2 amide bonds. The van der Waals surface area contributed by atoms with Crippen LogP contribution in [0, 0.1) is 0 Å². The van der Waals surface area contributed by atoms with Crippen LogP contribution in [0.2, 0.25) is 10.0 Å².